The van der Waals surface area contributed by atoms with E-state index in [2.05, 4.69) is 14.6 Å². The number of methoxy groups -OCH3 is 1. The van der Waals surface area contributed by atoms with E-state index in [4.69, 9.17) is 5.73 Å². The van der Waals surface area contributed by atoms with Crippen molar-refractivity contribution >= 4 is 11.8 Å². The average molecular weight is 221 g/mol. The van der Waals surface area contributed by atoms with Gasteiger partial charge in [-0.1, -0.05) is 0 Å². The van der Waals surface area contributed by atoms with Gasteiger partial charge in [-0.15, -0.1) is 0 Å². The van der Waals surface area contributed by atoms with Gasteiger partial charge in [-0.25, -0.2) is 9.78 Å². The third-order valence-electron chi connectivity index (χ3n) is 2.72. The monoisotopic (exact) mass is 221 g/mol. The first-order valence-electron chi connectivity index (χ1n) is 5.25. The lowest BCUT2D eigenvalue weighted by atomic mass is 10.3. The Morgan fingerprint density at radius 2 is 2.44 bits per heavy atom. The number of carbonyl (C=O) groups excluding carboxylic acids is 1. The van der Waals surface area contributed by atoms with E-state index in [1.807, 2.05) is 6.07 Å². The lowest BCUT2D eigenvalue weighted by molar-refractivity contribution is 0.0600. The zero-order valence-corrected chi connectivity index (χ0v) is 9.22. The van der Waals surface area contributed by atoms with Crippen LogP contribution in [-0.2, 0) is 4.74 Å². The maximum Gasteiger partial charge on any atom is 0.339 e. The lowest BCUT2D eigenvalue weighted by Crippen LogP contribution is -2.26. The Morgan fingerprint density at radius 1 is 1.62 bits per heavy atom. The normalized spacial score (nSPS) is 19.9. The summed E-state index contributed by atoms with van der Waals surface area (Å²) in [5.41, 5.74) is 6.29. The minimum absolute atomic E-state index is 0.224. The minimum atomic E-state index is -0.364. The fourth-order valence-electron chi connectivity index (χ4n) is 1.81. The number of hydrogen-bond donors (Lipinski definition) is 1. The number of rotatable bonds is 2. The Morgan fingerprint density at radius 3 is 2.94 bits per heavy atom. The number of pyridine rings is 1. The minimum Gasteiger partial charge on any atom is -0.465 e. The second-order valence-corrected chi connectivity index (χ2v) is 3.89. The Labute approximate surface area is 94.2 Å². The van der Waals surface area contributed by atoms with E-state index >= 15 is 0 Å². The van der Waals surface area contributed by atoms with Crippen LogP contribution in [-0.4, -0.2) is 37.2 Å². The molecule has 0 spiro atoms. The Bertz CT molecular complexity index is 377. The Balaban J connectivity index is 2.10. The molecule has 0 radical (unpaired) electrons. The fourth-order valence-corrected chi connectivity index (χ4v) is 1.81. The Kier molecular flexibility index (Phi) is 3.05. The summed E-state index contributed by atoms with van der Waals surface area (Å²) in [5.74, 6) is 0.498. The van der Waals surface area contributed by atoms with Crippen molar-refractivity contribution in [2.75, 3.05) is 25.1 Å². The van der Waals surface area contributed by atoms with Crippen LogP contribution in [0.4, 0.5) is 5.82 Å². The van der Waals surface area contributed by atoms with Crippen molar-refractivity contribution in [3.05, 3.63) is 23.9 Å². The SMILES string of the molecule is COC(=O)c1ccc(N2CCC(N)C2)nc1. The third-order valence-corrected chi connectivity index (χ3v) is 2.72. The third kappa shape index (κ3) is 2.14. The van der Waals surface area contributed by atoms with Gasteiger partial charge in [0.05, 0.1) is 12.7 Å². The van der Waals surface area contributed by atoms with Crippen molar-refractivity contribution in [3.63, 3.8) is 0 Å². The molecule has 1 aliphatic heterocycles. The van der Waals surface area contributed by atoms with Crippen molar-refractivity contribution in [3.8, 4) is 0 Å². The standard InChI is InChI=1S/C11H15N3O2/c1-16-11(15)8-2-3-10(13-6-8)14-5-4-9(12)7-14/h2-3,6,9H,4-5,7,12H2,1H3. The maximum atomic E-state index is 11.2. The van der Waals surface area contributed by atoms with Crippen LogP contribution in [0.2, 0.25) is 0 Å². The quantitative estimate of drug-likeness (QED) is 0.732. The highest BCUT2D eigenvalue weighted by atomic mass is 16.5. The molecular formula is C11H15N3O2. The summed E-state index contributed by atoms with van der Waals surface area (Å²) < 4.78 is 4.61. The van der Waals surface area contributed by atoms with Crippen LogP contribution in [0.3, 0.4) is 0 Å². The van der Waals surface area contributed by atoms with Crippen molar-refractivity contribution < 1.29 is 9.53 Å². The molecule has 5 heteroatoms. The lowest BCUT2D eigenvalue weighted by Gasteiger charge is -2.16. The molecule has 0 aliphatic carbocycles. The van der Waals surface area contributed by atoms with Gasteiger partial charge < -0.3 is 15.4 Å². The largest absolute Gasteiger partial charge is 0.465 e. The van der Waals surface area contributed by atoms with Gasteiger partial charge in [0.1, 0.15) is 5.82 Å². The van der Waals surface area contributed by atoms with E-state index in [1.165, 1.54) is 13.3 Å². The molecule has 86 valence electrons. The van der Waals surface area contributed by atoms with E-state index in [0.29, 0.717) is 5.56 Å². The van der Waals surface area contributed by atoms with Gasteiger partial charge in [0, 0.05) is 25.3 Å². The van der Waals surface area contributed by atoms with Crippen LogP contribution in [0.25, 0.3) is 0 Å². The van der Waals surface area contributed by atoms with E-state index in [-0.39, 0.29) is 12.0 Å². The molecule has 1 aromatic heterocycles. The average Bonchev–Trinajstić information content (AvgIpc) is 2.75. The first kappa shape index (κ1) is 10.9. The van der Waals surface area contributed by atoms with Gasteiger partial charge in [-0.2, -0.15) is 0 Å². The molecule has 16 heavy (non-hydrogen) atoms. The molecule has 5 nitrogen and oxygen atoms in total. The second kappa shape index (κ2) is 4.49. The molecule has 1 atom stereocenters. The van der Waals surface area contributed by atoms with Crippen LogP contribution < -0.4 is 10.6 Å². The summed E-state index contributed by atoms with van der Waals surface area (Å²) in [6.07, 6.45) is 2.52. The predicted molar refractivity (Wildman–Crippen MR) is 60.4 cm³/mol. The molecule has 0 saturated carbocycles. The predicted octanol–water partition coefficient (Wildman–Crippen LogP) is 0.406. The van der Waals surface area contributed by atoms with Crippen LogP contribution in [0.15, 0.2) is 18.3 Å². The molecule has 2 heterocycles. The molecule has 1 saturated heterocycles. The number of ether oxygens (including phenoxy) is 1. The summed E-state index contributed by atoms with van der Waals surface area (Å²) >= 11 is 0. The van der Waals surface area contributed by atoms with Gasteiger partial charge in [0.2, 0.25) is 0 Å². The van der Waals surface area contributed by atoms with E-state index in [1.54, 1.807) is 6.07 Å². The number of carbonyl (C=O) groups is 1. The molecule has 0 bridgehead atoms. The molecule has 2 rings (SSSR count). The van der Waals surface area contributed by atoms with Crippen molar-refractivity contribution in [1.29, 1.82) is 0 Å². The number of hydrogen-bond acceptors (Lipinski definition) is 5. The molecule has 1 unspecified atom stereocenters. The van der Waals surface area contributed by atoms with Crippen LogP contribution in [0.1, 0.15) is 16.8 Å². The van der Waals surface area contributed by atoms with Gasteiger partial charge >= 0.3 is 5.97 Å². The zero-order chi connectivity index (χ0) is 11.5. The van der Waals surface area contributed by atoms with Gasteiger partial charge in [-0.05, 0) is 18.6 Å². The summed E-state index contributed by atoms with van der Waals surface area (Å²) in [4.78, 5) is 17.6. The molecule has 2 N–H and O–H groups in total. The molecule has 1 fully saturated rings. The Hall–Kier alpha value is -1.62. The highest BCUT2D eigenvalue weighted by Gasteiger charge is 2.20. The number of aromatic nitrogens is 1. The second-order valence-electron chi connectivity index (χ2n) is 3.89. The number of esters is 1. The number of anilines is 1. The summed E-state index contributed by atoms with van der Waals surface area (Å²) in [6.45, 7) is 1.75. The van der Waals surface area contributed by atoms with E-state index < -0.39 is 0 Å². The topological polar surface area (TPSA) is 68.5 Å². The van der Waals surface area contributed by atoms with E-state index in [0.717, 1.165) is 25.3 Å². The fraction of sp³-hybridized carbons (Fsp3) is 0.455. The summed E-state index contributed by atoms with van der Waals surface area (Å²) in [5, 5.41) is 0. The van der Waals surface area contributed by atoms with Crippen molar-refractivity contribution in [2.45, 2.75) is 12.5 Å². The molecular weight excluding hydrogens is 206 g/mol. The zero-order valence-electron chi connectivity index (χ0n) is 9.22. The van der Waals surface area contributed by atoms with Crippen LogP contribution in [0.5, 0.6) is 0 Å². The van der Waals surface area contributed by atoms with Crippen molar-refractivity contribution in [2.24, 2.45) is 5.73 Å². The first-order valence-corrected chi connectivity index (χ1v) is 5.25. The molecule has 1 aliphatic rings. The van der Waals surface area contributed by atoms with Crippen molar-refractivity contribution in [1.82, 2.24) is 4.98 Å². The van der Waals surface area contributed by atoms with E-state index in [9.17, 15) is 4.79 Å². The maximum absolute atomic E-state index is 11.2. The van der Waals surface area contributed by atoms with Crippen LogP contribution in [0, 0.1) is 0 Å². The first-order chi connectivity index (χ1) is 7.70. The molecule has 1 aromatic rings. The van der Waals surface area contributed by atoms with Crippen LogP contribution >= 0.6 is 0 Å². The van der Waals surface area contributed by atoms with Gasteiger partial charge in [0.25, 0.3) is 0 Å². The van der Waals surface area contributed by atoms with Gasteiger partial charge in [-0.3, -0.25) is 0 Å². The summed E-state index contributed by atoms with van der Waals surface area (Å²) in [7, 11) is 1.36. The smallest absolute Gasteiger partial charge is 0.339 e. The molecule has 0 amide bonds. The number of nitrogens with zero attached hydrogens (tertiary/aromatic N) is 2. The highest BCUT2D eigenvalue weighted by Crippen LogP contribution is 2.17. The van der Waals surface area contributed by atoms with Gasteiger partial charge in [0.15, 0.2) is 0 Å². The number of nitrogens with two attached hydrogens (primary N) is 1. The summed E-state index contributed by atoms with van der Waals surface area (Å²) in [6, 6.07) is 3.77. The highest BCUT2D eigenvalue weighted by molar-refractivity contribution is 5.89. The molecule has 0 aromatic carbocycles.